The molecule has 0 aromatic heterocycles. The van der Waals surface area contributed by atoms with Gasteiger partial charge in [-0.2, -0.15) is 35.3 Å². The van der Waals surface area contributed by atoms with Crippen molar-refractivity contribution in [1.82, 2.24) is 101 Å². The number of nitrogens with one attached hydrogen (secondary N) is 18. The van der Waals surface area contributed by atoms with Gasteiger partial charge >= 0.3 is 11.9 Å². The Morgan fingerprint density at radius 3 is 1.40 bits per heavy atom. The largest absolute Gasteiger partial charge is 0.480 e. The first-order valence-corrected chi connectivity index (χ1v) is 43.1. The van der Waals surface area contributed by atoms with Crippen LogP contribution in [0.5, 0.6) is 0 Å². The van der Waals surface area contributed by atoms with Crippen molar-refractivity contribution in [3.8, 4) is 0 Å². The Kier molecular flexibility index (Phi) is 38.7. The Bertz CT molecular complexity index is 4240. The predicted molar refractivity (Wildman–Crippen MR) is 443 cm³/mol. The van der Waals surface area contributed by atoms with E-state index in [-0.39, 0.29) is 58.0 Å². The summed E-state index contributed by atoms with van der Waals surface area (Å²) in [5.41, 5.74) is 7.17. The molecule has 21 unspecified atom stereocenters. The summed E-state index contributed by atoms with van der Waals surface area (Å²) in [4.78, 5) is 291. The van der Waals surface area contributed by atoms with E-state index in [1.165, 1.54) is 32.6 Å². The maximum absolute atomic E-state index is 15.8. The van der Waals surface area contributed by atoms with E-state index in [1.54, 1.807) is 60.7 Å². The zero-order chi connectivity index (χ0) is 91.3. The second-order valence-electron chi connectivity index (χ2n) is 30.2. The van der Waals surface area contributed by atoms with Gasteiger partial charge in [0.1, 0.15) is 96.7 Å². The molecule has 5 fully saturated rings. The molecule has 124 heavy (non-hydrogen) atoms. The van der Waals surface area contributed by atoms with Gasteiger partial charge < -0.3 is 132 Å². The van der Waals surface area contributed by atoms with Crippen molar-refractivity contribution in [3.05, 3.63) is 71.8 Å². The number of fused-ring (bicyclic) bond motifs is 22. The van der Waals surface area contributed by atoms with Crippen molar-refractivity contribution < 1.29 is 121 Å². The standard InChI is InChI=1S/C76H108N20O25S3/c1-34-59(102)80-28-53(100)96-23-15-21-51(96)70(113)86-45(25-41-18-11-8-12-19-41)64(107)92-55-38(5)123-32-49-68(111)88-46(65(108)82-34)26-78-22-14-13-20-43(75(118)119)85-72(115)54-37(4)122-31-42(77)62(105)81-35(2)60(103)89-48(30-98)67(110)94-56(74(117)91-49)39(6)124-33-50(90-61(104)36(3)83-63(106)44(87-73(55)116)24-40-16-9-7-10-17-40)69(112)95-57(58(101)76(120)121)71(114)79-27-52(99)84-47(29-97)66(109)93-54/h7-12,16-19,34-39,42-51,54-58,78,97-98,101H,13-15,20-33,77H2,1-6H3,(H,79,114)(H,80,102)(H,81,105)(H,82,108)(H,83,106)(H,84,99)(H,85,115)(H,86,113)(H,87,116)(H,88,111)(H,89,103)(H,90,104)(H,91,117)(H,92,107)(H,93,109)(H,94,110)(H,95,112)(H,118,119)(H,120,121). The second-order valence-corrected chi connectivity index (χ2v) is 34.4. The minimum Gasteiger partial charge on any atom is -0.480 e. The molecule has 680 valence electrons. The van der Waals surface area contributed by atoms with E-state index >= 15 is 28.8 Å². The summed E-state index contributed by atoms with van der Waals surface area (Å²) in [6.45, 7) is 2.14. The molecular weight excluding hydrogens is 1690 g/mol. The highest BCUT2D eigenvalue weighted by Gasteiger charge is 2.44. The quantitative estimate of drug-likeness (QED) is 0.104. The van der Waals surface area contributed by atoms with Crippen LogP contribution in [0, 0.1) is 0 Å². The lowest BCUT2D eigenvalue weighted by Gasteiger charge is -2.32. The van der Waals surface area contributed by atoms with Crippen LogP contribution in [0.25, 0.3) is 0 Å². The number of aliphatic carboxylic acids is 2. The Balaban J connectivity index is 1.49. The number of hydrogen-bond acceptors (Lipinski definition) is 28. The molecular formula is C76H108N20O25S3. The summed E-state index contributed by atoms with van der Waals surface area (Å²) in [7, 11) is 0. The highest BCUT2D eigenvalue weighted by molar-refractivity contribution is 8.00. The molecule has 0 spiro atoms. The second kappa shape index (κ2) is 48.1. The molecule has 0 radical (unpaired) electrons. The number of hydrogen-bond donors (Lipinski definition) is 24. The summed E-state index contributed by atoms with van der Waals surface area (Å²) in [6, 6.07) is -15.4. The summed E-state index contributed by atoms with van der Waals surface area (Å²) < 4.78 is 0. The summed E-state index contributed by atoms with van der Waals surface area (Å²) in [5.74, 6) is -27.5. The van der Waals surface area contributed by atoms with Crippen LogP contribution in [-0.2, 0) is 109 Å². The zero-order valence-electron chi connectivity index (χ0n) is 68.6. The fraction of sp³-hybridized carbons (Fsp3) is 0.579. The average Bonchev–Trinajstić information content (AvgIpc) is 1.71. The van der Waals surface area contributed by atoms with Crippen LogP contribution in [0.1, 0.15) is 84.8 Å². The maximum Gasteiger partial charge on any atom is 0.335 e. The summed E-state index contributed by atoms with van der Waals surface area (Å²) in [6.07, 6.45) is -3.64. The number of thioether (sulfide) groups is 3. The number of rotatable bonds is 9. The van der Waals surface area contributed by atoms with E-state index < -0.39 is 293 Å². The Morgan fingerprint density at radius 2 is 0.855 bits per heavy atom. The molecule has 0 aliphatic carbocycles. The first kappa shape index (κ1) is 99.8. The van der Waals surface area contributed by atoms with Gasteiger partial charge in [-0.3, -0.25) is 86.3 Å². The van der Waals surface area contributed by atoms with Crippen molar-refractivity contribution in [3.63, 3.8) is 0 Å². The number of carbonyl (C=O) groups excluding carboxylic acids is 18. The summed E-state index contributed by atoms with van der Waals surface area (Å²) >= 11 is 1.92. The minimum atomic E-state index is -2.93. The number of amides is 18. The van der Waals surface area contributed by atoms with Crippen molar-refractivity contribution in [2.24, 2.45) is 5.73 Å². The van der Waals surface area contributed by atoms with Crippen molar-refractivity contribution >= 4 is 154 Å². The fourth-order valence-corrected chi connectivity index (χ4v) is 16.6. The first-order valence-electron chi connectivity index (χ1n) is 39.9. The van der Waals surface area contributed by atoms with Gasteiger partial charge in [0.2, 0.25) is 106 Å². The zero-order valence-corrected chi connectivity index (χ0v) is 71.0. The molecule has 21 atom stereocenters. The fourth-order valence-electron chi connectivity index (χ4n) is 13.3. The van der Waals surface area contributed by atoms with Crippen LogP contribution >= 0.6 is 35.3 Å². The van der Waals surface area contributed by atoms with Crippen LogP contribution in [0.3, 0.4) is 0 Å². The molecule has 18 amide bonds. The molecule has 45 nitrogen and oxygen atoms in total. The molecule has 25 N–H and O–H groups in total. The van der Waals surface area contributed by atoms with Crippen molar-refractivity contribution in [2.75, 3.05) is 63.2 Å². The molecule has 5 aliphatic heterocycles. The van der Waals surface area contributed by atoms with Crippen molar-refractivity contribution in [1.29, 1.82) is 0 Å². The molecule has 5 heterocycles. The third-order valence-corrected chi connectivity index (χ3v) is 24.6. The van der Waals surface area contributed by atoms with Gasteiger partial charge in [-0.05, 0) is 70.5 Å². The molecule has 0 saturated carbocycles. The lowest BCUT2D eigenvalue weighted by molar-refractivity contribution is -0.152. The predicted octanol–water partition coefficient (Wildman–Crippen LogP) is -11.0. The molecule has 48 heteroatoms. The maximum atomic E-state index is 15.8. The van der Waals surface area contributed by atoms with E-state index in [9.17, 15) is 92.7 Å². The first-order chi connectivity index (χ1) is 58.8. The van der Waals surface area contributed by atoms with Gasteiger partial charge in [0.15, 0.2) is 6.10 Å². The number of carbonyl (C=O) groups is 20. The third kappa shape index (κ3) is 29.4. The molecule has 7 rings (SSSR count). The Hall–Kier alpha value is -11.3. The van der Waals surface area contributed by atoms with Crippen LogP contribution in [0.2, 0.25) is 0 Å². The van der Waals surface area contributed by atoms with Gasteiger partial charge in [0, 0.05) is 58.9 Å². The highest BCUT2D eigenvalue weighted by atomic mass is 32.2. The van der Waals surface area contributed by atoms with Crippen LogP contribution in [-0.4, -0.2) is 336 Å². The van der Waals surface area contributed by atoms with Crippen LogP contribution in [0.15, 0.2) is 60.7 Å². The highest BCUT2D eigenvalue weighted by Crippen LogP contribution is 2.24. The van der Waals surface area contributed by atoms with Crippen LogP contribution in [0.4, 0.5) is 0 Å². The monoisotopic (exact) mass is 1800 g/mol. The SMILES string of the molecule is CC1NC(=O)C(N)CSC(C)C2NC(=O)C(CO)NC(=O)CNC(=O)C(C(O)C(=O)O)NC(=O)C3CSC(C)C(NC(=O)C(CO)NC1=O)C(=O)NC1CSC(C)C(NC(=O)C(Cc4ccccc4)NC(=O)C4CCCN4C(=O)CNC(=O)C(C)NC(=O)C(CNCCCCC(C(=O)O)NC2=O)NC1=O)C(=O)NC(Cc1ccccc1)C(=O)NC(C)C(=O)N3. The van der Waals surface area contributed by atoms with Gasteiger partial charge in [0.25, 0.3) is 0 Å². The molecule has 2 aromatic carbocycles. The smallest absolute Gasteiger partial charge is 0.335 e. The molecule has 5 aliphatic rings. The number of benzene rings is 2. The number of nitrogens with zero attached hydrogens (tertiary/aromatic N) is 1. The lowest BCUT2D eigenvalue weighted by Crippen LogP contribution is -2.64. The van der Waals surface area contributed by atoms with Crippen molar-refractivity contribution in [2.45, 2.75) is 211 Å². The molecule has 2 aromatic rings. The molecule has 5 saturated heterocycles. The lowest BCUT2D eigenvalue weighted by atomic mass is 10.0. The van der Waals surface area contributed by atoms with E-state index in [0.29, 0.717) is 34.7 Å². The average molecular weight is 1800 g/mol. The van der Waals surface area contributed by atoms with Gasteiger partial charge in [-0.1, -0.05) is 81.4 Å². The minimum absolute atomic E-state index is 0.00702. The summed E-state index contributed by atoms with van der Waals surface area (Å²) in [5, 5.41) is 92.8. The van der Waals surface area contributed by atoms with Gasteiger partial charge in [0.05, 0.1) is 32.3 Å². The topological polar surface area (TPSA) is 688 Å². The van der Waals surface area contributed by atoms with E-state index in [0.717, 1.165) is 25.6 Å². The third-order valence-electron chi connectivity index (χ3n) is 20.6. The number of carboxylic acid groups (broad SMARTS) is 2. The van der Waals surface area contributed by atoms with Gasteiger partial charge in [-0.15, -0.1) is 0 Å². The van der Waals surface area contributed by atoms with E-state index in [4.69, 9.17) is 5.73 Å². The van der Waals surface area contributed by atoms with E-state index in [1.807, 2.05) is 10.6 Å². The Labute approximate surface area is 723 Å². The number of nitrogens with two attached hydrogens (primary N) is 1. The number of carboxylic acids is 2. The Morgan fingerprint density at radius 1 is 0.427 bits per heavy atom. The number of aliphatic hydroxyl groups is 3. The van der Waals surface area contributed by atoms with E-state index in [2.05, 4.69) is 85.1 Å². The number of aliphatic hydroxyl groups excluding tert-OH is 3. The van der Waals surface area contributed by atoms with Crippen LogP contribution < -0.4 is 101 Å². The molecule has 6 bridgehead atoms. The van der Waals surface area contributed by atoms with Gasteiger partial charge in [-0.25, -0.2) is 9.59 Å². The normalized spacial score (nSPS) is 31.1.